The molecule has 4 heterocycles. The van der Waals surface area contributed by atoms with Crippen LogP contribution in [0.25, 0.3) is 83.5 Å². The quantitative estimate of drug-likeness (QED) is 0.107. The largest absolute Gasteiger partial charge is 0.508 e. The second-order valence-electron chi connectivity index (χ2n) is 16.1. The fraction of sp³-hybridized carbons (Fsp3) is 0.0862. The molecule has 11 aromatic rings. The van der Waals surface area contributed by atoms with E-state index in [2.05, 4.69) is 18.5 Å². The van der Waals surface area contributed by atoms with Crippen molar-refractivity contribution < 1.29 is 46.8 Å². The molecule has 11 rings (SSSR count). The van der Waals surface area contributed by atoms with Crippen molar-refractivity contribution in [2.24, 2.45) is 5.41 Å². The Bertz CT molecular complexity index is 4050. The normalized spacial score (nSPS) is 14.4. The van der Waals surface area contributed by atoms with Crippen LogP contribution in [0.1, 0.15) is 42.8 Å². The Balaban J connectivity index is 0.00000672. The Morgan fingerprint density at radius 1 is 0.677 bits per heavy atom. The summed E-state index contributed by atoms with van der Waals surface area (Å²) in [4.78, 5) is 9.72. The van der Waals surface area contributed by atoms with E-state index in [1.54, 1.807) is 70.1 Å². The van der Waals surface area contributed by atoms with Crippen LogP contribution in [0.2, 0.25) is 0 Å². The van der Waals surface area contributed by atoms with Crippen LogP contribution in [0.3, 0.4) is 0 Å². The van der Waals surface area contributed by atoms with Gasteiger partial charge in [-0.2, -0.15) is 6.07 Å². The van der Waals surface area contributed by atoms with Crippen LogP contribution in [0.4, 0.5) is 0 Å². The zero-order valence-corrected chi connectivity index (χ0v) is 37.4. The number of imidazole rings is 1. The van der Waals surface area contributed by atoms with E-state index in [-0.39, 0.29) is 54.8 Å². The van der Waals surface area contributed by atoms with Crippen LogP contribution >= 0.6 is 0 Å². The Hall–Kier alpha value is -7.40. The van der Waals surface area contributed by atoms with Crippen molar-refractivity contribution in [2.45, 2.75) is 27.1 Å². The van der Waals surface area contributed by atoms with Gasteiger partial charge >= 0.3 is 0 Å². The van der Waals surface area contributed by atoms with Gasteiger partial charge in [-0.3, -0.25) is 4.57 Å². The number of pyridine rings is 2. The van der Waals surface area contributed by atoms with Crippen LogP contribution in [-0.2, 0) is 27.4 Å². The summed E-state index contributed by atoms with van der Waals surface area (Å²) in [5.74, 6) is 1.01. The molecule has 0 bridgehead atoms. The number of aromatic nitrogens is 5. The zero-order chi connectivity index (χ0) is 53.7. The standard InChI is InChI=1S/C58H43N5O.Pt/c1-58(2,3)37-40-32-33-59-55(34-40)63-50-27-14-13-24-48(50)49-31-30-45(36-53(49)63)64-54-35-44(38-60-56(54)43-22-11-6-12-23-43)61-39-62(52-29-16-15-28-51(52)61)57-46(41-18-7-4-8-19-41)25-17-26-47(57)42-20-9-5-10-21-42;/h4-34,38H,37H2,1-3H3;/q-2;/i4D,5D,7D,8D,9D,10D,18D,19D,20D,21D,37D2;. The fourth-order valence-electron chi connectivity index (χ4n) is 8.08. The first kappa shape index (κ1) is 29.9. The minimum Gasteiger partial charge on any atom is -0.508 e. The van der Waals surface area contributed by atoms with Crippen molar-refractivity contribution in [3.05, 3.63) is 218 Å². The molecule has 0 radical (unpaired) electrons. The molecule has 0 spiro atoms. The predicted octanol–water partition coefficient (Wildman–Crippen LogP) is 13.6. The van der Waals surface area contributed by atoms with Crippen LogP contribution in [0, 0.1) is 23.9 Å². The average molecular weight is 1030 g/mol. The monoisotopic (exact) mass is 1030 g/mol. The third-order valence-corrected chi connectivity index (χ3v) is 10.7. The summed E-state index contributed by atoms with van der Waals surface area (Å²) >= 11 is 0. The molecule has 0 aliphatic carbocycles. The van der Waals surface area contributed by atoms with Crippen LogP contribution < -0.4 is 9.30 Å². The van der Waals surface area contributed by atoms with Gasteiger partial charge in [0.05, 0.1) is 30.4 Å². The number of nitrogens with zero attached hydrogens (tertiary/aromatic N) is 5. The second-order valence-corrected chi connectivity index (χ2v) is 16.1. The molecule has 0 aliphatic heterocycles. The van der Waals surface area contributed by atoms with Crippen molar-refractivity contribution >= 4 is 32.8 Å². The summed E-state index contributed by atoms with van der Waals surface area (Å²) in [6.07, 6.45) is 4.92. The van der Waals surface area contributed by atoms with Crippen molar-refractivity contribution in [1.82, 2.24) is 19.1 Å². The third-order valence-electron chi connectivity index (χ3n) is 10.7. The predicted molar refractivity (Wildman–Crippen MR) is 257 cm³/mol. The number of para-hydroxylation sites is 4. The van der Waals surface area contributed by atoms with Crippen molar-refractivity contribution in [3.63, 3.8) is 0 Å². The average Bonchev–Trinajstić information content (AvgIpc) is 4.00. The second kappa shape index (κ2) is 17.3. The van der Waals surface area contributed by atoms with Crippen LogP contribution in [0.15, 0.2) is 194 Å². The molecule has 0 fully saturated rings. The van der Waals surface area contributed by atoms with Crippen LogP contribution in [-0.4, -0.2) is 19.1 Å². The molecule has 0 atom stereocenters. The summed E-state index contributed by atoms with van der Waals surface area (Å²) in [6.45, 7) is 5.59. The minimum atomic E-state index is -1.69. The van der Waals surface area contributed by atoms with Gasteiger partial charge in [-0.1, -0.05) is 189 Å². The maximum absolute atomic E-state index is 9.07. The van der Waals surface area contributed by atoms with Crippen LogP contribution in [0.5, 0.6) is 11.5 Å². The Labute approximate surface area is 410 Å². The summed E-state index contributed by atoms with van der Waals surface area (Å²) in [7, 11) is 0. The number of benzene rings is 7. The Morgan fingerprint density at radius 2 is 1.35 bits per heavy atom. The molecule has 318 valence electrons. The molecule has 0 aliphatic rings. The summed E-state index contributed by atoms with van der Waals surface area (Å²) in [5.41, 5.74) is 3.70. The maximum Gasteiger partial charge on any atom is 0.268 e. The SMILES string of the molecule is [2H]c1c([2H])c([2H])c(-c2cccc(-c3c([2H])c([2H])c([2H])c([2H])c3[2H])c2-[n+]2[c-]n(-c3[c-]c(Oc4[c-]c5c(cc4)c4ccccc4n5-c4cc(C([2H])([2H])C(C)(C)C)ccn4)c(-c4ccccc4)nc3)c3ccccc32)c([2H])c1[2H].[Pt]. The minimum absolute atomic E-state index is 0. The molecule has 7 aromatic carbocycles. The van der Waals surface area contributed by atoms with Gasteiger partial charge in [0.2, 0.25) is 0 Å². The molecule has 0 unspecified atom stereocenters. The topological polar surface area (TPSA) is 48.8 Å². The molecule has 0 saturated heterocycles. The molecule has 6 nitrogen and oxygen atoms in total. The van der Waals surface area contributed by atoms with Gasteiger partial charge in [-0.25, -0.2) is 4.98 Å². The van der Waals surface area contributed by atoms with Crippen molar-refractivity contribution in [2.75, 3.05) is 0 Å². The first-order chi connectivity index (χ1) is 36.3. The van der Waals surface area contributed by atoms with Gasteiger partial charge in [0.25, 0.3) is 6.33 Å². The summed E-state index contributed by atoms with van der Waals surface area (Å²) < 4.78 is 118. The first-order valence-corrected chi connectivity index (χ1v) is 20.6. The Kier molecular flexibility index (Phi) is 7.94. The van der Waals surface area contributed by atoms with E-state index in [0.29, 0.717) is 45.1 Å². The van der Waals surface area contributed by atoms with E-state index in [0.717, 1.165) is 21.9 Å². The van der Waals surface area contributed by atoms with E-state index in [1.807, 2.05) is 98.1 Å². The molecular formula is C58H43N5OPt-2. The fourth-order valence-corrected chi connectivity index (χ4v) is 8.08. The molecule has 0 N–H and O–H groups in total. The van der Waals surface area contributed by atoms with Gasteiger partial charge in [0.15, 0.2) is 0 Å². The molecule has 4 aromatic heterocycles. The van der Waals surface area contributed by atoms with E-state index in [9.17, 15) is 0 Å². The van der Waals surface area contributed by atoms with E-state index in [1.165, 1.54) is 0 Å². The number of hydrogen-bond acceptors (Lipinski definition) is 3. The molecule has 65 heavy (non-hydrogen) atoms. The van der Waals surface area contributed by atoms with Gasteiger partial charge in [0, 0.05) is 47.0 Å². The number of hydrogen-bond donors (Lipinski definition) is 0. The van der Waals surface area contributed by atoms with Gasteiger partial charge < -0.3 is 18.9 Å². The summed E-state index contributed by atoms with van der Waals surface area (Å²) in [5, 5.41) is 1.79. The van der Waals surface area contributed by atoms with Crippen molar-refractivity contribution in [3.8, 4) is 62.2 Å². The first-order valence-electron chi connectivity index (χ1n) is 26.6. The third kappa shape index (κ3) is 7.96. The number of rotatable bonds is 9. The molecule has 0 saturated carbocycles. The van der Waals surface area contributed by atoms with Gasteiger partial charge in [-0.15, -0.1) is 23.6 Å². The zero-order valence-electron chi connectivity index (χ0n) is 47.2. The smallest absolute Gasteiger partial charge is 0.268 e. The Morgan fingerprint density at radius 3 is 2.08 bits per heavy atom. The van der Waals surface area contributed by atoms with E-state index < -0.39 is 72.2 Å². The molecule has 7 heteroatoms. The van der Waals surface area contributed by atoms with Gasteiger partial charge in [-0.05, 0) is 74.6 Å². The summed E-state index contributed by atoms with van der Waals surface area (Å²) in [6, 6.07) is 37.8. The molecular weight excluding hydrogens is 978 g/mol. The van der Waals surface area contributed by atoms with Crippen molar-refractivity contribution in [1.29, 1.82) is 0 Å². The number of ether oxygens (including phenoxy) is 1. The van der Waals surface area contributed by atoms with E-state index in [4.69, 9.17) is 31.2 Å². The molecule has 0 amide bonds. The number of fused-ring (bicyclic) bond motifs is 4. The van der Waals surface area contributed by atoms with Gasteiger partial charge in [0.1, 0.15) is 5.82 Å². The maximum atomic E-state index is 9.07. The van der Waals surface area contributed by atoms with E-state index >= 15 is 0 Å².